The van der Waals surface area contributed by atoms with Crippen molar-refractivity contribution in [2.45, 2.75) is 19.4 Å². The van der Waals surface area contributed by atoms with E-state index in [1.54, 1.807) is 11.3 Å². The summed E-state index contributed by atoms with van der Waals surface area (Å²) >= 11 is 1.67. The first-order chi connectivity index (χ1) is 6.22. The summed E-state index contributed by atoms with van der Waals surface area (Å²) in [5.74, 6) is -0.0947. The fourth-order valence-corrected chi connectivity index (χ4v) is 1.83. The van der Waals surface area contributed by atoms with Crippen molar-refractivity contribution in [3.63, 3.8) is 0 Å². The van der Waals surface area contributed by atoms with E-state index in [1.165, 1.54) is 5.56 Å². The second kappa shape index (κ2) is 4.99. The third-order valence-electron chi connectivity index (χ3n) is 1.71. The number of hydrogen-bond acceptors (Lipinski definition) is 3. The van der Waals surface area contributed by atoms with E-state index in [0.717, 1.165) is 6.42 Å². The average molecular weight is 198 g/mol. The van der Waals surface area contributed by atoms with E-state index >= 15 is 0 Å². The Labute approximate surface area is 81.9 Å². The minimum absolute atomic E-state index is 0.0635. The monoisotopic (exact) mass is 198 g/mol. The van der Waals surface area contributed by atoms with Crippen molar-refractivity contribution in [1.82, 2.24) is 5.32 Å². The molecule has 3 nitrogen and oxygen atoms in total. The van der Waals surface area contributed by atoms with Crippen LogP contribution in [0.1, 0.15) is 12.5 Å². The van der Waals surface area contributed by atoms with Crippen LogP contribution in [-0.4, -0.2) is 18.5 Å². The van der Waals surface area contributed by atoms with Gasteiger partial charge in [-0.1, -0.05) is 0 Å². The highest BCUT2D eigenvalue weighted by Crippen LogP contribution is 2.08. The fourth-order valence-electron chi connectivity index (χ4n) is 1.15. The molecule has 0 radical (unpaired) electrons. The van der Waals surface area contributed by atoms with Crippen molar-refractivity contribution in [2.75, 3.05) is 6.54 Å². The van der Waals surface area contributed by atoms with Crippen molar-refractivity contribution in [1.29, 1.82) is 0 Å². The van der Waals surface area contributed by atoms with Crippen LogP contribution in [0.5, 0.6) is 0 Å². The van der Waals surface area contributed by atoms with Crippen molar-refractivity contribution in [3.8, 4) is 0 Å². The number of rotatable bonds is 4. The minimum Gasteiger partial charge on any atom is -0.352 e. The minimum atomic E-state index is -0.0947. The Kier molecular flexibility index (Phi) is 3.92. The summed E-state index contributed by atoms with van der Waals surface area (Å²) in [6.45, 7) is 2.04. The van der Waals surface area contributed by atoms with Gasteiger partial charge in [-0.15, -0.1) is 0 Å². The lowest BCUT2D eigenvalue weighted by molar-refractivity contribution is -0.120. The smallest absolute Gasteiger partial charge is 0.233 e. The standard InChI is InChI=1S/C9H14N2OS/c1-7(11-9(12)5-10)4-8-2-3-13-6-8/h2-3,6-7H,4-5,10H2,1H3,(H,11,12). The van der Waals surface area contributed by atoms with Gasteiger partial charge in [-0.25, -0.2) is 0 Å². The van der Waals surface area contributed by atoms with Gasteiger partial charge in [-0.2, -0.15) is 11.3 Å². The van der Waals surface area contributed by atoms with Crippen molar-refractivity contribution >= 4 is 17.2 Å². The van der Waals surface area contributed by atoms with Crippen LogP contribution in [0, 0.1) is 0 Å². The van der Waals surface area contributed by atoms with Crippen LogP contribution in [0.4, 0.5) is 0 Å². The average Bonchev–Trinajstić information content (AvgIpc) is 2.56. The zero-order chi connectivity index (χ0) is 9.68. The van der Waals surface area contributed by atoms with Crippen molar-refractivity contribution < 1.29 is 4.79 Å². The van der Waals surface area contributed by atoms with E-state index in [0.29, 0.717) is 0 Å². The van der Waals surface area contributed by atoms with Crippen LogP contribution in [0.15, 0.2) is 16.8 Å². The Morgan fingerprint density at radius 1 is 1.77 bits per heavy atom. The summed E-state index contributed by atoms with van der Waals surface area (Å²) in [7, 11) is 0. The topological polar surface area (TPSA) is 55.1 Å². The molecule has 1 aromatic rings. The molecule has 0 saturated carbocycles. The molecular formula is C9H14N2OS. The molecular weight excluding hydrogens is 184 g/mol. The molecule has 1 heterocycles. The van der Waals surface area contributed by atoms with Gasteiger partial charge in [0.2, 0.25) is 5.91 Å². The van der Waals surface area contributed by atoms with E-state index in [9.17, 15) is 4.79 Å². The Morgan fingerprint density at radius 2 is 2.54 bits per heavy atom. The number of carbonyl (C=O) groups is 1. The molecule has 0 fully saturated rings. The van der Waals surface area contributed by atoms with E-state index in [4.69, 9.17) is 5.73 Å². The normalized spacial score (nSPS) is 12.5. The lowest BCUT2D eigenvalue weighted by Gasteiger charge is -2.11. The van der Waals surface area contributed by atoms with Gasteiger partial charge in [0.15, 0.2) is 0 Å². The zero-order valence-electron chi connectivity index (χ0n) is 7.62. The lowest BCUT2D eigenvalue weighted by atomic mass is 10.1. The zero-order valence-corrected chi connectivity index (χ0v) is 8.43. The first-order valence-electron chi connectivity index (χ1n) is 4.23. The SMILES string of the molecule is CC(Cc1ccsc1)NC(=O)CN. The molecule has 0 aliphatic heterocycles. The van der Waals surface area contributed by atoms with E-state index in [-0.39, 0.29) is 18.5 Å². The maximum absolute atomic E-state index is 10.9. The van der Waals surface area contributed by atoms with Gasteiger partial charge in [-0.3, -0.25) is 4.79 Å². The highest BCUT2D eigenvalue weighted by molar-refractivity contribution is 7.07. The largest absolute Gasteiger partial charge is 0.352 e. The van der Waals surface area contributed by atoms with Gasteiger partial charge in [0.1, 0.15) is 0 Å². The number of carbonyl (C=O) groups excluding carboxylic acids is 1. The molecule has 1 aromatic heterocycles. The maximum Gasteiger partial charge on any atom is 0.233 e. The Morgan fingerprint density at radius 3 is 3.08 bits per heavy atom. The van der Waals surface area contributed by atoms with Gasteiger partial charge in [0.25, 0.3) is 0 Å². The van der Waals surface area contributed by atoms with Gasteiger partial charge < -0.3 is 11.1 Å². The van der Waals surface area contributed by atoms with Crippen molar-refractivity contribution in [2.24, 2.45) is 5.73 Å². The second-order valence-electron chi connectivity index (χ2n) is 3.01. The third kappa shape index (κ3) is 3.57. The predicted octanol–water partition coefficient (Wildman–Crippen LogP) is 0.754. The molecule has 0 aliphatic rings. The quantitative estimate of drug-likeness (QED) is 0.750. The van der Waals surface area contributed by atoms with E-state index in [2.05, 4.69) is 16.8 Å². The third-order valence-corrected chi connectivity index (χ3v) is 2.45. The Balaban J connectivity index is 2.33. The van der Waals surface area contributed by atoms with Gasteiger partial charge >= 0.3 is 0 Å². The van der Waals surface area contributed by atoms with Crippen LogP contribution in [0.3, 0.4) is 0 Å². The molecule has 3 N–H and O–H groups in total. The second-order valence-corrected chi connectivity index (χ2v) is 3.79. The predicted molar refractivity (Wildman–Crippen MR) is 54.7 cm³/mol. The van der Waals surface area contributed by atoms with E-state index < -0.39 is 0 Å². The van der Waals surface area contributed by atoms with Crippen molar-refractivity contribution in [3.05, 3.63) is 22.4 Å². The van der Waals surface area contributed by atoms with Gasteiger partial charge in [0, 0.05) is 6.04 Å². The molecule has 0 aromatic carbocycles. The summed E-state index contributed by atoms with van der Waals surface area (Å²) in [6, 6.07) is 2.22. The van der Waals surface area contributed by atoms with Crippen LogP contribution in [-0.2, 0) is 11.2 Å². The highest BCUT2D eigenvalue weighted by Gasteiger charge is 2.06. The molecule has 1 atom stereocenters. The van der Waals surface area contributed by atoms with Crippen LogP contribution in [0.2, 0.25) is 0 Å². The molecule has 1 unspecified atom stereocenters. The Bertz CT molecular complexity index is 259. The summed E-state index contributed by atoms with van der Waals surface area (Å²) in [4.78, 5) is 10.9. The summed E-state index contributed by atoms with van der Waals surface area (Å²) in [6.07, 6.45) is 0.870. The summed E-state index contributed by atoms with van der Waals surface area (Å²) in [5, 5.41) is 6.93. The molecule has 0 saturated heterocycles. The van der Waals surface area contributed by atoms with Gasteiger partial charge in [0.05, 0.1) is 6.54 Å². The number of thiophene rings is 1. The number of hydrogen-bond donors (Lipinski definition) is 2. The van der Waals surface area contributed by atoms with E-state index in [1.807, 2.05) is 12.3 Å². The molecule has 72 valence electrons. The molecule has 13 heavy (non-hydrogen) atoms. The lowest BCUT2D eigenvalue weighted by Crippen LogP contribution is -2.38. The first kappa shape index (κ1) is 10.2. The fraction of sp³-hybridized carbons (Fsp3) is 0.444. The maximum atomic E-state index is 10.9. The number of nitrogens with two attached hydrogens (primary N) is 1. The van der Waals surface area contributed by atoms with Crippen LogP contribution in [0.25, 0.3) is 0 Å². The van der Waals surface area contributed by atoms with Gasteiger partial charge in [-0.05, 0) is 35.7 Å². The highest BCUT2D eigenvalue weighted by atomic mass is 32.1. The summed E-state index contributed by atoms with van der Waals surface area (Å²) in [5.41, 5.74) is 6.44. The molecule has 0 spiro atoms. The number of amides is 1. The molecule has 0 aliphatic carbocycles. The summed E-state index contributed by atoms with van der Waals surface area (Å²) < 4.78 is 0. The molecule has 4 heteroatoms. The van der Waals surface area contributed by atoms with Crippen LogP contribution >= 0.6 is 11.3 Å². The Hall–Kier alpha value is -0.870. The van der Waals surface area contributed by atoms with Crippen LogP contribution < -0.4 is 11.1 Å². The molecule has 1 rings (SSSR count). The first-order valence-corrected chi connectivity index (χ1v) is 5.17. The molecule has 0 bridgehead atoms. The number of nitrogens with one attached hydrogen (secondary N) is 1. The molecule has 1 amide bonds.